The molecule has 6 nitrogen and oxygen atoms in total. The fourth-order valence-corrected chi connectivity index (χ4v) is 5.12. The highest BCUT2D eigenvalue weighted by molar-refractivity contribution is 6.32. The maximum atomic E-state index is 13.2. The molecule has 0 unspecified atom stereocenters. The zero-order valence-electron chi connectivity index (χ0n) is 22.3. The van der Waals surface area contributed by atoms with Crippen molar-refractivity contribution in [1.82, 2.24) is 4.90 Å². The number of hydrogen-bond acceptors (Lipinski definition) is 5. The van der Waals surface area contributed by atoms with E-state index in [0.29, 0.717) is 61.5 Å². The van der Waals surface area contributed by atoms with Crippen LogP contribution in [0, 0.1) is 11.3 Å². The second kappa shape index (κ2) is 12.6. The van der Waals surface area contributed by atoms with Crippen LogP contribution in [0.1, 0.15) is 18.1 Å². The van der Waals surface area contributed by atoms with Crippen molar-refractivity contribution in [2.75, 3.05) is 37.7 Å². The predicted molar refractivity (Wildman–Crippen MR) is 160 cm³/mol. The number of piperazine rings is 1. The number of nitrogens with zero attached hydrogens (tertiary/aromatic N) is 3. The highest BCUT2D eigenvalue weighted by Gasteiger charge is 2.24. The third-order valence-corrected chi connectivity index (χ3v) is 7.16. The van der Waals surface area contributed by atoms with Crippen LogP contribution in [0.25, 0.3) is 16.8 Å². The number of fused-ring (bicyclic) bond motifs is 1. The molecule has 0 radical (unpaired) electrons. The minimum atomic E-state index is -0.291. The molecule has 1 fully saturated rings. The van der Waals surface area contributed by atoms with E-state index in [4.69, 9.17) is 21.1 Å². The summed E-state index contributed by atoms with van der Waals surface area (Å²) < 4.78 is 11.9. The van der Waals surface area contributed by atoms with Crippen molar-refractivity contribution in [3.63, 3.8) is 0 Å². The Balaban J connectivity index is 1.30. The SMILES string of the molecule is CCOc1cc(/C=C(/C#N)C(=O)N2CCN(c3ccccc3)CC2)cc(Cl)c1OCc1ccc2ccccc2c1. The smallest absolute Gasteiger partial charge is 0.264 e. The van der Waals surface area contributed by atoms with Gasteiger partial charge in [-0.1, -0.05) is 66.2 Å². The number of carbonyl (C=O) groups is 1. The summed E-state index contributed by atoms with van der Waals surface area (Å²) in [5, 5.41) is 12.5. The second-order valence-corrected chi connectivity index (χ2v) is 9.92. The van der Waals surface area contributed by atoms with Gasteiger partial charge in [-0.25, -0.2) is 0 Å². The Morgan fingerprint density at radius 2 is 1.65 bits per heavy atom. The van der Waals surface area contributed by atoms with Crippen LogP contribution in [-0.2, 0) is 11.4 Å². The molecule has 7 heteroatoms. The molecule has 0 saturated carbocycles. The molecule has 202 valence electrons. The Kier molecular flexibility index (Phi) is 8.53. The lowest BCUT2D eigenvalue weighted by atomic mass is 10.1. The summed E-state index contributed by atoms with van der Waals surface area (Å²) >= 11 is 6.64. The summed E-state index contributed by atoms with van der Waals surface area (Å²) in [5.74, 6) is 0.597. The molecule has 0 aliphatic carbocycles. The highest BCUT2D eigenvalue weighted by Crippen LogP contribution is 2.38. The molecule has 1 aliphatic heterocycles. The molecule has 4 aromatic carbocycles. The molecule has 0 atom stereocenters. The normalized spacial score (nSPS) is 13.7. The fraction of sp³-hybridized carbons (Fsp3) is 0.212. The number of benzene rings is 4. The molecule has 5 rings (SSSR count). The van der Waals surface area contributed by atoms with E-state index < -0.39 is 0 Å². The average Bonchev–Trinajstić information content (AvgIpc) is 2.99. The minimum Gasteiger partial charge on any atom is -0.490 e. The van der Waals surface area contributed by atoms with Gasteiger partial charge >= 0.3 is 0 Å². The van der Waals surface area contributed by atoms with Crippen molar-refractivity contribution >= 4 is 40.0 Å². The lowest BCUT2D eigenvalue weighted by Gasteiger charge is -2.36. The number of nitriles is 1. The van der Waals surface area contributed by atoms with Gasteiger partial charge in [-0.2, -0.15) is 5.26 Å². The van der Waals surface area contributed by atoms with Gasteiger partial charge in [0.2, 0.25) is 0 Å². The van der Waals surface area contributed by atoms with Gasteiger partial charge in [-0.3, -0.25) is 4.79 Å². The topological polar surface area (TPSA) is 65.8 Å². The molecule has 0 N–H and O–H groups in total. The number of ether oxygens (including phenoxy) is 2. The van der Waals surface area contributed by atoms with E-state index in [-0.39, 0.29) is 11.5 Å². The third kappa shape index (κ3) is 6.22. The van der Waals surface area contributed by atoms with E-state index in [2.05, 4.69) is 47.4 Å². The van der Waals surface area contributed by atoms with Gasteiger partial charge in [0.1, 0.15) is 18.2 Å². The number of halogens is 1. The quantitative estimate of drug-likeness (QED) is 0.179. The summed E-state index contributed by atoms with van der Waals surface area (Å²) in [6.07, 6.45) is 1.56. The molecular formula is C33H30ClN3O3. The third-order valence-electron chi connectivity index (χ3n) is 6.88. The van der Waals surface area contributed by atoms with Crippen molar-refractivity contribution in [1.29, 1.82) is 5.26 Å². The van der Waals surface area contributed by atoms with E-state index in [1.54, 1.807) is 23.1 Å². The Morgan fingerprint density at radius 1 is 0.925 bits per heavy atom. The van der Waals surface area contributed by atoms with Crippen molar-refractivity contribution in [2.24, 2.45) is 0 Å². The molecule has 0 bridgehead atoms. The Bertz CT molecular complexity index is 1570. The van der Waals surface area contributed by atoms with Crippen LogP contribution < -0.4 is 14.4 Å². The zero-order valence-corrected chi connectivity index (χ0v) is 23.1. The molecule has 4 aromatic rings. The van der Waals surface area contributed by atoms with Gasteiger partial charge in [0.15, 0.2) is 11.5 Å². The molecular weight excluding hydrogens is 522 g/mol. The number of hydrogen-bond donors (Lipinski definition) is 0. The molecule has 0 spiro atoms. The molecule has 1 aliphatic rings. The fourth-order valence-electron chi connectivity index (χ4n) is 4.84. The number of anilines is 1. The predicted octanol–water partition coefficient (Wildman–Crippen LogP) is 6.73. The first kappa shape index (κ1) is 27.1. The van der Waals surface area contributed by atoms with E-state index in [9.17, 15) is 10.1 Å². The minimum absolute atomic E-state index is 0.0523. The lowest BCUT2D eigenvalue weighted by molar-refractivity contribution is -0.126. The molecule has 1 amide bonds. The first-order valence-electron chi connectivity index (χ1n) is 13.3. The molecule has 1 heterocycles. The van der Waals surface area contributed by atoms with Gasteiger partial charge in [0.05, 0.1) is 11.6 Å². The van der Waals surface area contributed by atoms with E-state index in [1.807, 2.05) is 43.3 Å². The maximum absolute atomic E-state index is 13.2. The number of amides is 1. The Hall–Kier alpha value is -4.47. The maximum Gasteiger partial charge on any atom is 0.264 e. The van der Waals surface area contributed by atoms with E-state index in [0.717, 1.165) is 22.0 Å². The van der Waals surface area contributed by atoms with Crippen LogP contribution >= 0.6 is 11.6 Å². The Morgan fingerprint density at radius 3 is 2.38 bits per heavy atom. The van der Waals surface area contributed by atoms with Crippen LogP contribution in [0.2, 0.25) is 5.02 Å². The number of carbonyl (C=O) groups excluding carboxylic acids is 1. The molecule has 1 saturated heterocycles. The van der Waals surface area contributed by atoms with Crippen molar-refractivity contribution < 1.29 is 14.3 Å². The highest BCUT2D eigenvalue weighted by atomic mass is 35.5. The van der Waals surface area contributed by atoms with E-state index in [1.165, 1.54) is 0 Å². The summed E-state index contributed by atoms with van der Waals surface area (Å²) in [6, 6.07) is 30.0. The first-order valence-corrected chi connectivity index (χ1v) is 13.7. The largest absolute Gasteiger partial charge is 0.490 e. The van der Waals surface area contributed by atoms with Gasteiger partial charge in [-0.05, 0) is 65.2 Å². The summed E-state index contributed by atoms with van der Waals surface area (Å²) in [5.41, 5.74) is 2.79. The standard InChI is InChI=1S/C33H30ClN3O3/c1-2-39-31-21-25(20-30(34)32(31)40-23-24-12-13-26-8-6-7-9-27(26)18-24)19-28(22-35)33(38)37-16-14-36(15-17-37)29-10-4-3-5-11-29/h3-13,18-21H,2,14-17,23H2,1H3/b28-19-. The molecule has 0 aromatic heterocycles. The van der Waals surface area contributed by atoms with Crippen molar-refractivity contribution in [3.05, 3.63) is 107 Å². The first-order chi connectivity index (χ1) is 19.6. The van der Waals surface area contributed by atoms with Crippen LogP contribution in [0.15, 0.2) is 90.5 Å². The summed E-state index contributed by atoms with van der Waals surface area (Å²) in [6.45, 7) is 5.10. The van der Waals surface area contributed by atoms with Crippen molar-refractivity contribution in [3.8, 4) is 17.6 Å². The van der Waals surface area contributed by atoms with E-state index >= 15 is 0 Å². The molecule has 40 heavy (non-hydrogen) atoms. The van der Waals surface area contributed by atoms with Crippen LogP contribution in [-0.4, -0.2) is 43.6 Å². The second-order valence-electron chi connectivity index (χ2n) is 9.52. The van der Waals surface area contributed by atoms with Crippen LogP contribution in [0.5, 0.6) is 11.5 Å². The van der Waals surface area contributed by atoms with Crippen LogP contribution in [0.3, 0.4) is 0 Å². The number of para-hydroxylation sites is 1. The number of rotatable bonds is 8. The van der Waals surface area contributed by atoms with Gasteiger partial charge in [-0.15, -0.1) is 0 Å². The van der Waals surface area contributed by atoms with Crippen molar-refractivity contribution in [2.45, 2.75) is 13.5 Å². The zero-order chi connectivity index (χ0) is 27.9. The summed E-state index contributed by atoms with van der Waals surface area (Å²) in [7, 11) is 0. The van der Waals surface area contributed by atoms with Gasteiger partial charge in [0, 0.05) is 31.9 Å². The monoisotopic (exact) mass is 551 g/mol. The van der Waals surface area contributed by atoms with Gasteiger partial charge < -0.3 is 19.3 Å². The van der Waals surface area contributed by atoms with Gasteiger partial charge in [0.25, 0.3) is 5.91 Å². The average molecular weight is 552 g/mol. The Labute approximate surface area is 239 Å². The summed E-state index contributed by atoms with van der Waals surface area (Å²) in [4.78, 5) is 17.2. The lowest BCUT2D eigenvalue weighted by Crippen LogP contribution is -2.49. The van der Waals surface area contributed by atoms with Crippen LogP contribution in [0.4, 0.5) is 5.69 Å².